The van der Waals surface area contributed by atoms with Crippen LogP contribution in [0.4, 0.5) is 17.1 Å². The first-order chi connectivity index (χ1) is 8.76. The molecule has 2 aromatic rings. The fourth-order valence-corrected chi connectivity index (χ4v) is 1.15. The Morgan fingerprint density at radius 1 is 0.778 bits per heavy atom. The van der Waals surface area contributed by atoms with Crippen molar-refractivity contribution < 1.29 is 0 Å². The Labute approximate surface area is 108 Å². The second-order valence-corrected chi connectivity index (χ2v) is 3.83. The molecule has 0 aliphatic carbocycles. The third kappa shape index (κ3) is 5.25. The molecular weight excluding hydrogens is 222 g/mol. The van der Waals surface area contributed by atoms with Gasteiger partial charge in [-0.2, -0.15) is 10.2 Å². The maximum absolute atomic E-state index is 5.56. The SMILES string of the molecule is CCC.Nc1ccc(N=Nc2ccccc2)cc1. The minimum absolute atomic E-state index is 0.730. The van der Waals surface area contributed by atoms with Gasteiger partial charge in [0, 0.05) is 5.69 Å². The number of anilines is 1. The van der Waals surface area contributed by atoms with Gasteiger partial charge in [0.05, 0.1) is 11.4 Å². The Bertz CT molecular complexity index is 461. The molecule has 18 heavy (non-hydrogen) atoms. The second-order valence-electron chi connectivity index (χ2n) is 3.83. The minimum Gasteiger partial charge on any atom is -0.399 e. The highest BCUT2D eigenvalue weighted by atomic mass is 15.1. The maximum atomic E-state index is 5.56. The van der Waals surface area contributed by atoms with Gasteiger partial charge in [0.2, 0.25) is 0 Å². The lowest BCUT2D eigenvalue weighted by molar-refractivity contribution is 1.09. The zero-order chi connectivity index (χ0) is 13.2. The molecule has 0 unspecified atom stereocenters. The molecular formula is C15H19N3. The highest BCUT2D eigenvalue weighted by Gasteiger charge is 1.89. The van der Waals surface area contributed by atoms with E-state index in [-0.39, 0.29) is 0 Å². The van der Waals surface area contributed by atoms with Crippen LogP contribution in [0.15, 0.2) is 64.8 Å². The Kier molecular flexibility index (Phi) is 6.19. The summed E-state index contributed by atoms with van der Waals surface area (Å²) in [6, 6.07) is 16.9. The standard InChI is InChI=1S/C12H11N3.C3H8/c13-10-6-8-12(9-7-10)15-14-11-4-2-1-3-5-11;1-3-2/h1-9H,13H2;3H2,1-2H3. The van der Waals surface area contributed by atoms with Crippen molar-refractivity contribution in [3.8, 4) is 0 Å². The van der Waals surface area contributed by atoms with Gasteiger partial charge in [-0.05, 0) is 36.4 Å². The number of azo groups is 1. The fourth-order valence-electron chi connectivity index (χ4n) is 1.15. The summed E-state index contributed by atoms with van der Waals surface area (Å²) in [6.07, 6.45) is 1.25. The lowest BCUT2D eigenvalue weighted by Crippen LogP contribution is -1.80. The van der Waals surface area contributed by atoms with E-state index in [0.29, 0.717) is 0 Å². The molecule has 2 rings (SSSR count). The summed E-state index contributed by atoms with van der Waals surface area (Å²) < 4.78 is 0. The van der Waals surface area contributed by atoms with Crippen molar-refractivity contribution >= 4 is 17.1 Å². The predicted molar refractivity (Wildman–Crippen MR) is 77.4 cm³/mol. The number of nitrogen functional groups attached to an aromatic ring is 1. The number of nitrogens with zero attached hydrogens (tertiary/aromatic N) is 2. The summed E-state index contributed by atoms with van der Waals surface area (Å²) in [5.74, 6) is 0. The van der Waals surface area contributed by atoms with Gasteiger partial charge >= 0.3 is 0 Å². The van der Waals surface area contributed by atoms with Gasteiger partial charge in [-0.15, -0.1) is 0 Å². The molecule has 0 saturated carbocycles. The van der Waals surface area contributed by atoms with E-state index in [1.165, 1.54) is 6.42 Å². The van der Waals surface area contributed by atoms with Crippen molar-refractivity contribution in [3.63, 3.8) is 0 Å². The summed E-state index contributed by atoms with van der Waals surface area (Å²) in [4.78, 5) is 0. The van der Waals surface area contributed by atoms with E-state index in [1.807, 2.05) is 42.5 Å². The van der Waals surface area contributed by atoms with Crippen molar-refractivity contribution in [1.29, 1.82) is 0 Å². The lowest BCUT2D eigenvalue weighted by Gasteiger charge is -1.93. The van der Waals surface area contributed by atoms with Crippen molar-refractivity contribution in [2.24, 2.45) is 10.2 Å². The van der Waals surface area contributed by atoms with Gasteiger partial charge in [-0.25, -0.2) is 0 Å². The zero-order valence-electron chi connectivity index (χ0n) is 10.9. The molecule has 0 heterocycles. The van der Waals surface area contributed by atoms with Crippen molar-refractivity contribution in [3.05, 3.63) is 54.6 Å². The van der Waals surface area contributed by atoms with Gasteiger partial charge in [-0.3, -0.25) is 0 Å². The highest BCUT2D eigenvalue weighted by molar-refractivity contribution is 5.47. The molecule has 0 aromatic heterocycles. The van der Waals surface area contributed by atoms with Gasteiger partial charge in [-0.1, -0.05) is 38.5 Å². The van der Waals surface area contributed by atoms with Crippen LogP contribution < -0.4 is 5.73 Å². The molecule has 2 aromatic carbocycles. The fraction of sp³-hybridized carbons (Fsp3) is 0.200. The summed E-state index contributed by atoms with van der Waals surface area (Å²) >= 11 is 0. The van der Waals surface area contributed by atoms with Crippen LogP contribution in [-0.4, -0.2) is 0 Å². The minimum atomic E-state index is 0.730. The van der Waals surface area contributed by atoms with E-state index in [9.17, 15) is 0 Å². The molecule has 0 amide bonds. The van der Waals surface area contributed by atoms with Crippen LogP contribution in [0.1, 0.15) is 20.3 Å². The normalized spacial score (nSPS) is 9.89. The molecule has 2 N–H and O–H groups in total. The molecule has 0 radical (unpaired) electrons. The molecule has 3 heteroatoms. The molecule has 3 nitrogen and oxygen atoms in total. The lowest BCUT2D eigenvalue weighted by atomic mass is 10.3. The van der Waals surface area contributed by atoms with Crippen LogP contribution in [0, 0.1) is 0 Å². The summed E-state index contributed by atoms with van der Waals surface area (Å²) in [6.45, 7) is 4.25. The number of hydrogen-bond donors (Lipinski definition) is 1. The van der Waals surface area contributed by atoms with E-state index in [4.69, 9.17) is 5.73 Å². The van der Waals surface area contributed by atoms with E-state index in [2.05, 4.69) is 24.1 Å². The number of rotatable bonds is 2. The second kappa shape index (κ2) is 8.01. The summed E-state index contributed by atoms with van der Waals surface area (Å²) in [5.41, 5.74) is 7.93. The topological polar surface area (TPSA) is 50.7 Å². The van der Waals surface area contributed by atoms with Crippen LogP contribution in [0.2, 0.25) is 0 Å². The smallest absolute Gasteiger partial charge is 0.0858 e. The number of hydrogen-bond acceptors (Lipinski definition) is 3. The molecule has 0 bridgehead atoms. The first-order valence-corrected chi connectivity index (χ1v) is 6.08. The van der Waals surface area contributed by atoms with Gasteiger partial charge in [0.15, 0.2) is 0 Å². The van der Waals surface area contributed by atoms with E-state index in [0.717, 1.165) is 17.1 Å². The summed E-state index contributed by atoms with van der Waals surface area (Å²) in [7, 11) is 0. The highest BCUT2D eigenvalue weighted by Crippen LogP contribution is 2.18. The van der Waals surface area contributed by atoms with Gasteiger partial charge < -0.3 is 5.73 Å². The van der Waals surface area contributed by atoms with Crippen molar-refractivity contribution in [1.82, 2.24) is 0 Å². The van der Waals surface area contributed by atoms with Gasteiger partial charge in [0.1, 0.15) is 0 Å². The molecule has 0 aliphatic heterocycles. The zero-order valence-corrected chi connectivity index (χ0v) is 10.9. The van der Waals surface area contributed by atoms with E-state index < -0.39 is 0 Å². The average Bonchev–Trinajstić information content (AvgIpc) is 2.40. The van der Waals surface area contributed by atoms with Crippen LogP contribution in [0.3, 0.4) is 0 Å². The third-order valence-corrected chi connectivity index (χ3v) is 1.93. The first kappa shape index (κ1) is 13.9. The number of nitrogens with two attached hydrogens (primary N) is 1. The van der Waals surface area contributed by atoms with Crippen LogP contribution in [0.5, 0.6) is 0 Å². The Balaban J connectivity index is 0.000000492. The van der Waals surface area contributed by atoms with Crippen LogP contribution >= 0.6 is 0 Å². The molecule has 0 spiro atoms. The quantitative estimate of drug-likeness (QED) is 0.577. The number of benzene rings is 2. The van der Waals surface area contributed by atoms with Gasteiger partial charge in [0.25, 0.3) is 0 Å². The van der Waals surface area contributed by atoms with Crippen molar-refractivity contribution in [2.45, 2.75) is 20.3 Å². The Hall–Kier alpha value is -2.16. The Morgan fingerprint density at radius 3 is 1.72 bits per heavy atom. The maximum Gasteiger partial charge on any atom is 0.0858 e. The third-order valence-electron chi connectivity index (χ3n) is 1.93. The molecule has 0 saturated heterocycles. The van der Waals surface area contributed by atoms with Crippen LogP contribution in [-0.2, 0) is 0 Å². The largest absolute Gasteiger partial charge is 0.399 e. The average molecular weight is 241 g/mol. The predicted octanol–water partition coefficient (Wildman–Crippen LogP) is 5.10. The van der Waals surface area contributed by atoms with Crippen molar-refractivity contribution in [2.75, 3.05) is 5.73 Å². The molecule has 0 fully saturated rings. The first-order valence-electron chi connectivity index (χ1n) is 6.08. The molecule has 0 atom stereocenters. The van der Waals surface area contributed by atoms with E-state index in [1.54, 1.807) is 12.1 Å². The monoisotopic (exact) mass is 241 g/mol. The molecule has 0 aliphatic rings. The molecule has 94 valence electrons. The van der Waals surface area contributed by atoms with Crippen LogP contribution in [0.25, 0.3) is 0 Å². The van der Waals surface area contributed by atoms with E-state index >= 15 is 0 Å². The summed E-state index contributed by atoms with van der Waals surface area (Å²) in [5, 5.41) is 8.18. The Morgan fingerprint density at radius 2 is 1.22 bits per heavy atom.